The molecule has 0 bridgehead atoms. The second-order valence-corrected chi connectivity index (χ2v) is 8.49. The Morgan fingerprint density at radius 3 is 2.37 bits per heavy atom. The third-order valence-corrected chi connectivity index (χ3v) is 5.08. The molecule has 1 saturated heterocycles. The summed E-state index contributed by atoms with van der Waals surface area (Å²) in [6.45, 7) is 7.49. The van der Waals surface area contributed by atoms with Gasteiger partial charge in [-0.3, -0.25) is 4.79 Å². The first kappa shape index (κ1) is 21.4. The Hall–Kier alpha value is -3.26. The van der Waals surface area contributed by atoms with Gasteiger partial charge in [0.1, 0.15) is 0 Å². The normalized spacial score (nSPS) is 14.0. The van der Waals surface area contributed by atoms with E-state index in [9.17, 15) is 9.59 Å². The van der Waals surface area contributed by atoms with Crippen LogP contribution >= 0.6 is 0 Å². The Bertz CT molecular complexity index is 945. The van der Waals surface area contributed by atoms with E-state index in [0.717, 1.165) is 36.3 Å². The van der Waals surface area contributed by atoms with Crippen LogP contribution in [-0.4, -0.2) is 25.0 Å². The minimum atomic E-state index is -0.285. The number of amides is 3. The van der Waals surface area contributed by atoms with E-state index in [2.05, 4.69) is 43.2 Å². The summed E-state index contributed by atoms with van der Waals surface area (Å²) in [7, 11) is 0. The van der Waals surface area contributed by atoms with Crippen LogP contribution in [0.15, 0.2) is 48.5 Å². The number of hydrogen-bond donors (Lipinski definition) is 2. The van der Waals surface area contributed by atoms with Crippen LogP contribution in [0.1, 0.15) is 51.2 Å². The summed E-state index contributed by atoms with van der Waals surface area (Å²) in [5, 5.41) is 5.55. The standard InChI is InChI=1S/C25H29N3O2/c1-25(2,3)20-11-13-21(14-12-20)27-24(30)26-17-6-7-19-9-15-22(16-10-19)28-18-5-4-8-23(28)29/h9-16H,4-5,8,17-18H2,1-3H3,(H2,26,27,30). The summed E-state index contributed by atoms with van der Waals surface area (Å²) in [5.41, 5.74) is 3.81. The van der Waals surface area contributed by atoms with E-state index < -0.39 is 0 Å². The fraction of sp³-hybridized carbons (Fsp3) is 0.360. The second kappa shape index (κ2) is 9.49. The minimum absolute atomic E-state index is 0.0812. The van der Waals surface area contributed by atoms with Crippen LogP contribution in [0.2, 0.25) is 0 Å². The summed E-state index contributed by atoms with van der Waals surface area (Å²) < 4.78 is 0. The molecule has 3 rings (SSSR count). The van der Waals surface area contributed by atoms with Gasteiger partial charge in [-0.15, -0.1) is 0 Å². The lowest BCUT2D eigenvalue weighted by Crippen LogP contribution is -2.35. The SMILES string of the molecule is CC(C)(C)c1ccc(NC(=O)NCC#Cc2ccc(N3CCCCC3=O)cc2)cc1. The van der Waals surface area contributed by atoms with Crippen molar-refractivity contribution in [1.82, 2.24) is 5.32 Å². The van der Waals surface area contributed by atoms with Crippen LogP contribution in [0.3, 0.4) is 0 Å². The van der Waals surface area contributed by atoms with Gasteiger partial charge in [-0.1, -0.05) is 44.7 Å². The maximum Gasteiger partial charge on any atom is 0.319 e. The second-order valence-electron chi connectivity index (χ2n) is 8.49. The average molecular weight is 404 g/mol. The summed E-state index contributed by atoms with van der Waals surface area (Å²) >= 11 is 0. The highest BCUT2D eigenvalue weighted by Crippen LogP contribution is 2.23. The Balaban J connectivity index is 1.47. The zero-order valence-corrected chi connectivity index (χ0v) is 17.9. The van der Waals surface area contributed by atoms with E-state index in [1.165, 1.54) is 5.56 Å². The van der Waals surface area contributed by atoms with Gasteiger partial charge in [0, 0.05) is 29.9 Å². The van der Waals surface area contributed by atoms with Crippen molar-refractivity contribution in [3.63, 3.8) is 0 Å². The fourth-order valence-corrected chi connectivity index (χ4v) is 3.30. The molecule has 1 fully saturated rings. The number of carbonyl (C=O) groups excluding carboxylic acids is 2. The molecule has 0 aliphatic carbocycles. The maximum absolute atomic E-state index is 12.0. The number of nitrogens with one attached hydrogen (secondary N) is 2. The third kappa shape index (κ3) is 5.87. The Kier molecular flexibility index (Phi) is 6.79. The van der Waals surface area contributed by atoms with Gasteiger partial charge in [0.15, 0.2) is 0 Å². The molecule has 1 aliphatic heterocycles. The predicted molar refractivity (Wildman–Crippen MR) is 122 cm³/mol. The van der Waals surface area contributed by atoms with Crippen LogP contribution in [0.4, 0.5) is 16.2 Å². The highest BCUT2D eigenvalue weighted by Gasteiger charge is 2.19. The number of urea groups is 1. The van der Waals surface area contributed by atoms with Crippen LogP contribution in [-0.2, 0) is 10.2 Å². The van der Waals surface area contributed by atoms with Crippen molar-refractivity contribution in [2.75, 3.05) is 23.3 Å². The first-order valence-corrected chi connectivity index (χ1v) is 10.4. The van der Waals surface area contributed by atoms with E-state index in [1.807, 2.05) is 53.4 Å². The molecule has 2 N–H and O–H groups in total. The number of anilines is 2. The molecule has 2 aromatic carbocycles. The van der Waals surface area contributed by atoms with Crippen molar-refractivity contribution in [3.05, 3.63) is 59.7 Å². The van der Waals surface area contributed by atoms with Gasteiger partial charge in [-0.2, -0.15) is 0 Å². The van der Waals surface area contributed by atoms with E-state index in [0.29, 0.717) is 6.42 Å². The van der Waals surface area contributed by atoms with E-state index in [1.54, 1.807) is 0 Å². The first-order chi connectivity index (χ1) is 14.3. The molecule has 1 aliphatic rings. The Labute approximate surface area is 178 Å². The molecule has 1 heterocycles. The molecule has 5 nitrogen and oxygen atoms in total. The molecule has 0 aromatic heterocycles. The third-order valence-electron chi connectivity index (χ3n) is 5.08. The smallest absolute Gasteiger partial charge is 0.319 e. The molecule has 30 heavy (non-hydrogen) atoms. The Morgan fingerprint density at radius 1 is 1.03 bits per heavy atom. The van der Waals surface area contributed by atoms with Crippen molar-refractivity contribution < 1.29 is 9.59 Å². The molecule has 0 atom stereocenters. The predicted octanol–water partition coefficient (Wildman–Crippen LogP) is 4.67. The molecule has 0 radical (unpaired) electrons. The molecular weight excluding hydrogens is 374 g/mol. The molecule has 0 unspecified atom stereocenters. The van der Waals surface area contributed by atoms with Crippen LogP contribution < -0.4 is 15.5 Å². The van der Waals surface area contributed by atoms with Crippen molar-refractivity contribution >= 4 is 23.3 Å². The van der Waals surface area contributed by atoms with Gasteiger partial charge in [-0.25, -0.2) is 4.79 Å². The fourth-order valence-electron chi connectivity index (χ4n) is 3.30. The molecule has 5 heteroatoms. The number of rotatable bonds is 3. The van der Waals surface area contributed by atoms with E-state index >= 15 is 0 Å². The lowest BCUT2D eigenvalue weighted by atomic mass is 9.87. The summed E-state index contributed by atoms with van der Waals surface area (Å²) in [6, 6.07) is 15.2. The van der Waals surface area contributed by atoms with Gasteiger partial charge in [-0.05, 0) is 60.2 Å². The lowest BCUT2D eigenvalue weighted by molar-refractivity contribution is -0.119. The quantitative estimate of drug-likeness (QED) is 0.732. The van der Waals surface area contributed by atoms with Crippen molar-refractivity contribution in [3.8, 4) is 11.8 Å². The van der Waals surface area contributed by atoms with Gasteiger partial charge in [0.05, 0.1) is 6.54 Å². The van der Waals surface area contributed by atoms with Gasteiger partial charge >= 0.3 is 6.03 Å². The monoisotopic (exact) mass is 403 g/mol. The Morgan fingerprint density at radius 2 is 1.73 bits per heavy atom. The van der Waals surface area contributed by atoms with Crippen LogP contribution in [0, 0.1) is 11.8 Å². The number of benzene rings is 2. The average Bonchev–Trinajstić information content (AvgIpc) is 2.72. The first-order valence-electron chi connectivity index (χ1n) is 10.4. The zero-order valence-electron chi connectivity index (χ0n) is 17.9. The highest BCUT2D eigenvalue weighted by atomic mass is 16.2. The largest absolute Gasteiger partial charge is 0.327 e. The molecule has 0 saturated carbocycles. The van der Waals surface area contributed by atoms with Gasteiger partial charge in [0.25, 0.3) is 0 Å². The lowest BCUT2D eigenvalue weighted by Gasteiger charge is -2.26. The van der Waals surface area contributed by atoms with Crippen LogP contribution in [0.25, 0.3) is 0 Å². The molecule has 156 valence electrons. The van der Waals surface area contributed by atoms with Crippen molar-refractivity contribution in [1.29, 1.82) is 0 Å². The highest BCUT2D eigenvalue weighted by molar-refractivity contribution is 5.94. The topological polar surface area (TPSA) is 61.4 Å². The maximum atomic E-state index is 12.0. The van der Waals surface area contributed by atoms with Gasteiger partial charge in [0.2, 0.25) is 5.91 Å². The molecule has 2 aromatic rings. The number of hydrogen-bond acceptors (Lipinski definition) is 2. The van der Waals surface area contributed by atoms with Crippen LogP contribution in [0.5, 0.6) is 0 Å². The molecule has 0 spiro atoms. The summed E-state index contributed by atoms with van der Waals surface area (Å²) in [6.07, 6.45) is 2.64. The zero-order chi connectivity index (χ0) is 21.6. The van der Waals surface area contributed by atoms with E-state index in [4.69, 9.17) is 0 Å². The molecular formula is C25H29N3O2. The van der Waals surface area contributed by atoms with Crippen molar-refractivity contribution in [2.45, 2.75) is 45.4 Å². The van der Waals surface area contributed by atoms with Gasteiger partial charge < -0.3 is 15.5 Å². The number of carbonyl (C=O) groups is 2. The summed E-state index contributed by atoms with van der Waals surface area (Å²) in [4.78, 5) is 25.9. The molecule has 3 amide bonds. The number of nitrogens with zero attached hydrogens (tertiary/aromatic N) is 1. The van der Waals surface area contributed by atoms with E-state index in [-0.39, 0.29) is 23.9 Å². The summed E-state index contributed by atoms with van der Waals surface area (Å²) in [5.74, 6) is 6.17. The minimum Gasteiger partial charge on any atom is -0.327 e. The van der Waals surface area contributed by atoms with Crippen molar-refractivity contribution in [2.24, 2.45) is 0 Å². The number of piperidine rings is 1.